The molecule has 0 saturated heterocycles. The van der Waals surface area contributed by atoms with E-state index in [9.17, 15) is 10.1 Å². The fourth-order valence-electron chi connectivity index (χ4n) is 0.896. The molecule has 0 spiro atoms. The highest BCUT2D eigenvalue weighted by Crippen LogP contribution is 2.37. The number of hydrogen-bond donors (Lipinski definition) is 2. The Morgan fingerprint density at radius 2 is 2.08 bits per heavy atom. The molecular weight excluding hydrogens is 174 g/mol. The lowest BCUT2D eigenvalue weighted by Gasteiger charge is -2.00. The summed E-state index contributed by atoms with van der Waals surface area (Å²) in [6, 6.07) is 2.38. The van der Waals surface area contributed by atoms with Gasteiger partial charge in [-0.05, 0) is 18.2 Å². The first kappa shape index (κ1) is 9.05. The molecule has 0 amide bonds. The van der Waals surface area contributed by atoms with E-state index in [4.69, 9.17) is 10.2 Å². The molecule has 0 fully saturated rings. The van der Waals surface area contributed by atoms with E-state index < -0.39 is 22.1 Å². The van der Waals surface area contributed by atoms with Crippen molar-refractivity contribution in [2.45, 2.75) is 0 Å². The van der Waals surface area contributed by atoms with Crippen molar-refractivity contribution in [3.05, 3.63) is 40.5 Å². The van der Waals surface area contributed by atoms with E-state index in [1.807, 2.05) is 0 Å². The predicted octanol–water partition coefficient (Wildman–Crippen LogP) is 1.34. The summed E-state index contributed by atoms with van der Waals surface area (Å²) in [6.07, 6.45) is 2.28. The van der Waals surface area contributed by atoms with Crippen LogP contribution in [0.4, 0.5) is 5.69 Å². The summed E-state index contributed by atoms with van der Waals surface area (Å²) in [4.78, 5) is 9.62. The summed E-state index contributed by atoms with van der Waals surface area (Å²) in [5, 5.41) is 28.5. The third-order valence-electron chi connectivity index (χ3n) is 1.50. The highest BCUT2D eigenvalue weighted by atomic mass is 16.6. The molecule has 1 radical (unpaired) electrons. The number of aromatic hydroxyl groups is 2. The van der Waals surface area contributed by atoms with Gasteiger partial charge in [-0.15, -0.1) is 0 Å². The highest BCUT2D eigenvalue weighted by molar-refractivity contribution is 5.60. The molecule has 0 saturated carbocycles. The zero-order valence-corrected chi connectivity index (χ0v) is 6.52. The first-order valence-electron chi connectivity index (χ1n) is 3.30. The van der Waals surface area contributed by atoms with Gasteiger partial charge in [0, 0.05) is 0 Å². The SMILES string of the molecule is C=[C]c1ccc(O)c(O)c1[N+](=O)[O-]. The zero-order valence-electron chi connectivity index (χ0n) is 6.52. The van der Waals surface area contributed by atoms with Crippen LogP contribution >= 0.6 is 0 Å². The number of rotatable bonds is 2. The largest absolute Gasteiger partial charge is 0.504 e. The van der Waals surface area contributed by atoms with Crippen molar-refractivity contribution in [3.63, 3.8) is 0 Å². The second kappa shape index (κ2) is 3.14. The van der Waals surface area contributed by atoms with Gasteiger partial charge in [0.2, 0.25) is 5.75 Å². The minimum Gasteiger partial charge on any atom is -0.504 e. The van der Waals surface area contributed by atoms with Crippen LogP contribution in [-0.4, -0.2) is 15.1 Å². The third kappa shape index (κ3) is 1.44. The van der Waals surface area contributed by atoms with Crippen LogP contribution in [0.1, 0.15) is 5.56 Å². The molecule has 0 unspecified atom stereocenters. The van der Waals surface area contributed by atoms with Crippen LogP contribution in [0.25, 0.3) is 0 Å². The van der Waals surface area contributed by atoms with Gasteiger partial charge >= 0.3 is 5.69 Å². The fraction of sp³-hybridized carbons (Fsp3) is 0. The van der Waals surface area contributed by atoms with Crippen molar-refractivity contribution in [1.29, 1.82) is 0 Å². The first-order valence-corrected chi connectivity index (χ1v) is 3.30. The molecule has 1 rings (SSSR count). The number of benzene rings is 1. The molecule has 0 aromatic heterocycles. The number of nitro benzene ring substituents is 1. The summed E-state index contributed by atoms with van der Waals surface area (Å²) in [6.45, 7) is 3.22. The molecule has 13 heavy (non-hydrogen) atoms. The fourth-order valence-corrected chi connectivity index (χ4v) is 0.896. The topological polar surface area (TPSA) is 83.6 Å². The third-order valence-corrected chi connectivity index (χ3v) is 1.50. The molecule has 5 nitrogen and oxygen atoms in total. The molecule has 0 heterocycles. The van der Waals surface area contributed by atoms with E-state index in [1.165, 1.54) is 6.07 Å². The number of nitrogens with zero attached hydrogens (tertiary/aromatic N) is 1. The molecule has 1 aromatic rings. The van der Waals surface area contributed by atoms with E-state index in [0.717, 1.165) is 6.07 Å². The number of phenols is 2. The van der Waals surface area contributed by atoms with Crippen molar-refractivity contribution >= 4 is 5.69 Å². The van der Waals surface area contributed by atoms with Gasteiger partial charge in [-0.2, -0.15) is 0 Å². The average Bonchev–Trinajstić information content (AvgIpc) is 2.08. The average molecular weight is 180 g/mol. The van der Waals surface area contributed by atoms with Crippen LogP contribution in [0.15, 0.2) is 18.7 Å². The lowest BCUT2D eigenvalue weighted by Crippen LogP contribution is -1.92. The standard InChI is InChI=1S/C8H6NO4/c1-2-5-3-4-6(10)8(11)7(5)9(12)13/h3-4,10-11H,1H2. The van der Waals surface area contributed by atoms with Gasteiger partial charge in [0.05, 0.1) is 10.5 Å². The molecule has 0 aliphatic carbocycles. The predicted molar refractivity (Wildman–Crippen MR) is 44.4 cm³/mol. The maximum Gasteiger partial charge on any atom is 0.322 e. The summed E-state index contributed by atoms with van der Waals surface area (Å²) in [5.41, 5.74) is -0.546. The monoisotopic (exact) mass is 180 g/mol. The van der Waals surface area contributed by atoms with E-state index in [-0.39, 0.29) is 5.56 Å². The van der Waals surface area contributed by atoms with Crippen molar-refractivity contribution < 1.29 is 15.1 Å². The van der Waals surface area contributed by atoms with Gasteiger partial charge in [-0.25, -0.2) is 0 Å². The van der Waals surface area contributed by atoms with Gasteiger partial charge in [0.25, 0.3) is 0 Å². The van der Waals surface area contributed by atoms with Crippen molar-refractivity contribution in [3.8, 4) is 11.5 Å². The maximum atomic E-state index is 10.4. The number of hydrogen-bond acceptors (Lipinski definition) is 4. The van der Waals surface area contributed by atoms with Crippen LogP contribution in [0.2, 0.25) is 0 Å². The summed E-state index contributed by atoms with van der Waals surface area (Å²) >= 11 is 0. The maximum absolute atomic E-state index is 10.4. The molecule has 0 aliphatic rings. The van der Waals surface area contributed by atoms with Crippen LogP contribution in [0.5, 0.6) is 11.5 Å². The molecule has 5 heteroatoms. The number of nitro groups is 1. The van der Waals surface area contributed by atoms with E-state index in [2.05, 4.69) is 12.7 Å². The smallest absolute Gasteiger partial charge is 0.322 e. The second-order valence-corrected chi connectivity index (χ2v) is 2.26. The van der Waals surface area contributed by atoms with Gasteiger partial charge in [0.1, 0.15) is 0 Å². The van der Waals surface area contributed by atoms with Gasteiger partial charge in [-0.1, -0.05) is 6.58 Å². The Labute approximate surface area is 73.7 Å². The lowest BCUT2D eigenvalue weighted by molar-refractivity contribution is -0.386. The summed E-state index contributed by atoms with van der Waals surface area (Å²) < 4.78 is 0. The molecule has 2 N–H and O–H groups in total. The minimum absolute atomic E-state index is 0.0419. The highest BCUT2D eigenvalue weighted by Gasteiger charge is 2.20. The Morgan fingerprint density at radius 3 is 2.54 bits per heavy atom. The van der Waals surface area contributed by atoms with Crippen LogP contribution in [-0.2, 0) is 0 Å². The zero-order chi connectivity index (χ0) is 10.0. The Bertz CT molecular complexity index is 373. The summed E-state index contributed by atoms with van der Waals surface area (Å²) in [5.74, 6) is -1.30. The van der Waals surface area contributed by atoms with Crippen LogP contribution in [0, 0.1) is 16.2 Å². The Balaban J connectivity index is 3.50. The van der Waals surface area contributed by atoms with Crippen molar-refractivity contribution in [2.75, 3.05) is 0 Å². The molecular formula is C8H6NO4. The van der Waals surface area contributed by atoms with Crippen molar-refractivity contribution in [2.24, 2.45) is 0 Å². The van der Waals surface area contributed by atoms with Gasteiger partial charge in [-0.3, -0.25) is 10.1 Å². The van der Waals surface area contributed by atoms with Gasteiger partial charge < -0.3 is 10.2 Å². The molecule has 1 aromatic carbocycles. The lowest BCUT2D eigenvalue weighted by atomic mass is 10.1. The second-order valence-electron chi connectivity index (χ2n) is 2.26. The quantitative estimate of drug-likeness (QED) is 0.408. The molecule has 0 aliphatic heterocycles. The van der Waals surface area contributed by atoms with E-state index >= 15 is 0 Å². The molecule has 0 bridgehead atoms. The first-order chi connectivity index (χ1) is 6.07. The van der Waals surface area contributed by atoms with E-state index in [0.29, 0.717) is 0 Å². The van der Waals surface area contributed by atoms with E-state index in [1.54, 1.807) is 0 Å². The minimum atomic E-state index is -0.803. The summed E-state index contributed by atoms with van der Waals surface area (Å²) in [7, 11) is 0. The molecule has 0 atom stereocenters. The van der Waals surface area contributed by atoms with Crippen LogP contribution < -0.4 is 0 Å². The normalized spacial score (nSPS) is 9.54. The Hall–Kier alpha value is -2.04. The Kier molecular flexibility index (Phi) is 2.19. The number of phenolic OH excluding ortho intramolecular Hbond substituents is 2. The van der Waals surface area contributed by atoms with Gasteiger partial charge in [0.15, 0.2) is 5.75 Å². The van der Waals surface area contributed by atoms with Crippen molar-refractivity contribution in [1.82, 2.24) is 0 Å². The van der Waals surface area contributed by atoms with Crippen LogP contribution in [0.3, 0.4) is 0 Å². The Morgan fingerprint density at radius 1 is 1.46 bits per heavy atom. The molecule has 67 valence electrons.